The van der Waals surface area contributed by atoms with Gasteiger partial charge in [0.05, 0.1) is 14.2 Å². The van der Waals surface area contributed by atoms with Crippen LogP contribution in [-0.2, 0) is 0 Å². The lowest BCUT2D eigenvalue weighted by Crippen LogP contribution is -2.03. The van der Waals surface area contributed by atoms with Crippen molar-refractivity contribution in [1.82, 2.24) is 0 Å². The van der Waals surface area contributed by atoms with E-state index in [-0.39, 0.29) is 0 Å². The van der Waals surface area contributed by atoms with Gasteiger partial charge in [0.2, 0.25) is 0 Å². The Morgan fingerprint density at radius 3 is 2.81 bits per heavy atom. The van der Waals surface area contributed by atoms with Crippen LogP contribution in [0.5, 0.6) is 11.5 Å². The standard InChI is InChI=1S/C14H18O2/c1-15-13-10-6-9-12(14(13)16-2)11-7-4-3-5-8-11/h4,6-7,9-11H,3,5,8H2,1-2H3/i11D. The van der Waals surface area contributed by atoms with Crippen molar-refractivity contribution in [3.63, 3.8) is 0 Å². The van der Waals surface area contributed by atoms with E-state index in [1.807, 2.05) is 24.3 Å². The van der Waals surface area contributed by atoms with Crippen LogP contribution < -0.4 is 9.47 Å². The highest BCUT2D eigenvalue weighted by Crippen LogP contribution is 2.39. The number of allylic oxidation sites excluding steroid dienone is 2. The highest BCUT2D eigenvalue weighted by molar-refractivity contribution is 5.49. The van der Waals surface area contributed by atoms with E-state index in [2.05, 4.69) is 6.08 Å². The van der Waals surface area contributed by atoms with Crippen molar-refractivity contribution in [3.05, 3.63) is 35.9 Å². The van der Waals surface area contributed by atoms with E-state index < -0.39 is 5.89 Å². The molecule has 1 aliphatic carbocycles. The Morgan fingerprint density at radius 2 is 2.19 bits per heavy atom. The molecule has 2 rings (SSSR count). The zero-order chi connectivity index (χ0) is 12.3. The molecule has 1 aliphatic rings. The van der Waals surface area contributed by atoms with Crippen molar-refractivity contribution in [2.75, 3.05) is 14.2 Å². The zero-order valence-electron chi connectivity index (χ0n) is 10.8. The Labute approximate surface area is 98.3 Å². The quantitative estimate of drug-likeness (QED) is 0.724. The molecule has 0 saturated heterocycles. The van der Waals surface area contributed by atoms with Crippen molar-refractivity contribution >= 4 is 0 Å². The Bertz CT molecular complexity index is 428. The second-order valence-corrected chi connectivity index (χ2v) is 3.86. The number of hydrogen-bond acceptors (Lipinski definition) is 2. The van der Waals surface area contributed by atoms with Crippen LogP contribution in [0.4, 0.5) is 0 Å². The van der Waals surface area contributed by atoms with Crippen molar-refractivity contribution in [2.45, 2.75) is 25.2 Å². The lowest BCUT2D eigenvalue weighted by molar-refractivity contribution is 0.350. The van der Waals surface area contributed by atoms with Crippen LogP contribution in [0.2, 0.25) is 0 Å². The first-order valence-corrected chi connectivity index (χ1v) is 5.60. The van der Waals surface area contributed by atoms with E-state index in [9.17, 15) is 0 Å². The van der Waals surface area contributed by atoms with E-state index >= 15 is 0 Å². The molecule has 1 unspecified atom stereocenters. The van der Waals surface area contributed by atoms with Gasteiger partial charge in [-0.15, -0.1) is 0 Å². The fraction of sp³-hybridized carbons (Fsp3) is 0.429. The van der Waals surface area contributed by atoms with Gasteiger partial charge >= 0.3 is 0 Å². The Hall–Kier alpha value is -1.44. The van der Waals surface area contributed by atoms with Crippen LogP contribution in [0, 0.1) is 0 Å². The van der Waals surface area contributed by atoms with Crippen molar-refractivity contribution < 1.29 is 10.8 Å². The molecule has 86 valence electrons. The molecule has 0 N–H and O–H groups in total. The average Bonchev–Trinajstić information content (AvgIpc) is 2.38. The molecule has 0 bridgehead atoms. The fourth-order valence-electron chi connectivity index (χ4n) is 2.08. The lowest BCUT2D eigenvalue weighted by atomic mass is 9.88. The van der Waals surface area contributed by atoms with E-state index in [0.29, 0.717) is 11.5 Å². The highest BCUT2D eigenvalue weighted by Gasteiger charge is 2.18. The molecule has 0 radical (unpaired) electrons. The summed E-state index contributed by atoms with van der Waals surface area (Å²) in [5.74, 6) is 0.685. The molecule has 16 heavy (non-hydrogen) atoms. The Morgan fingerprint density at radius 1 is 1.31 bits per heavy atom. The van der Waals surface area contributed by atoms with Gasteiger partial charge in [-0.05, 0) is 25.3 Å². The molecular formula is C14H18O2. The molecule has 0 fully saturated rings. The van der Waals surface area contributed by atoms with Crippen LogP contribution in [0.15, 0.2) is 30.4 Å². The first kappa shape index (κ1) is 9.76. The summed E-state index contributed by atoms with van der Waals surface area (Å²) in [5.41, 5.74) is 0.885. The molecule has 0 spiro atoms. The molecule has 1 atom stereocenters. The second kappa shape index (κ2) is 5.06. The number of para-hydroxylation sites is 1. The number of methoxy groups -OCH3 is 2. The van der Waals surface area contributed by atoms with Gasteiger partial charge in [0.25, 0.3) is 0 Å². The van der Waals surface area contributed by atoms with E-state index in [1.165, 1.54) is 0 Å². The third-order valence-electron chi connectivity index (χ3n) is 2.88. The minimum absolute atomic E-state index is 0.677. The normalized spacial score (nSPS) is 25.0. The van der Waals surface area contributed by atoms with Gasteiger partial charge < -0.3 is 9.47 Å². The third kappa shape index (κ3) is 2.06. The second-order valence-electron chi connectivity index (χ2n) is 3.86. The molecule has 0 aliphatic heterocycles. The summed E-state index contributed by atoms with van der Waals surface area (Å²) in [7, 11) is 3.24. The van der Waals surface area contributed by atoms with Gasteiger partial charge in [-0.1, -0.05) is 24.3 Å². The summed E-state index contributed by atoms with van der Waals surface area (Å²) < 4.78 is 19.2. The van der Waals surface area contributed by atoms with Crippen LogP contribution in [0.25, 0.3) is 0 Å². The van der Waals surface area contributed by atoms with Gasteiger partial charge in [0.15, 0.2) is 11.5 Å². The third-order valence-corrected chi connectivity index (χ3v) is 2.88. The van der Waals surface area contributed by atoms with Gasteiger partial charge in [-0.25, -0.2) is 0 Å². The number of benzene rings is 1. The molecule has 0 heterocycles. The minimum atomic E-state index is -0.682. The summed E-state index contributed by atoms with van der Waals surface area (Å²) >= 11 is 0. The SMILES string of the molecule is [2H]C1(c2cccc(OC)c2OC)C=CCCC1. The van der Waals surface area contributed by atoms with Crippen molar-refractivity contribution in [3.8, 4) is 11.5 Å². The van der Waals surface area contributed by atoms with Crippen molar-refractivity contribution in [1.29, 1.82) is 0 Å². The largest absolute Gasteiger partial charge is 0.493 e. The molecule has 0 aromatic heterocycles. The maximum atomic E-state index is 8.56. The summed E-state index contributed by atoms with van der Waals surface area (Å²) in [6.07, 6.45) is 6.98. The van der Waals surface area contributed by atoms with Crippen LogP contribution in [0.3, 0.4) is 0 Å². The average molecular weight is 219 g/mol. The molecule has 2 nitrogen and oxygen atoms in total. The summed E-state index contributed by atoms with van der Waals surface area (Å²) in [6.45, 7) is 0. The fourth-order valence-corrected chi connectivity index (χ4v) is 2.08. The molecular weight excluding hydrogens is 200 g/mol. The minimum Gasteiger partial charge on any atom is -0.493 e. The van der Waals surface area contributed by atoms with Gasteiger partial charge in [0.1, 0.15) is 0 Å². The first-order valence-electron chi connectivity index (χ1n) is 6.10. The maximum absolute atomic E-state index is 8.56. The summed E-state index contributed by atoms with van der Waals surface area (Å²) in [6, 6.07) is 5.72. The monoisotopic (exact) mass is 219 g/mol. The molecule has 0 saturated carbocycles. The van der Waals surface area contributed by atoms with Crippen molar-refractivity contribution in [2.24, 2.45) is 0 Å². The predicted molar refractivity (Wildman–Crippen MR) is 65.3 cm³/mol. The Kier molecular flexibility index (Phi) is 3.09. The van der Waals surface area contributed by atoms with Crippen LogP contribution >= 0.6 is 0 Å². The zero-order valence-corrected chi connectivity index (χ0v) is 9.82. The number of ether oxygens (including phenoxy) is 2. The molecule has 1 aromatic rings. The topological polar surface area (TPSA) is 18.5 Å². The highest BCUT2D eigenvalue weighted by atomic mass is 16.5. The predicted octanol–water partition coefficient (Wildman–Crippen LogP) is 3.53. The van der Waals surface area contributed by atoms with E-state index in [1.54, 1.807) is 14.2 Å². The van der Waals surface area contributed by atoms with Gasteiger partial charge in [-0.2, -0.15) is 0 Å². The molecule has 1 aromatic carbocycles. The first-order chi connectivity index (χ1) is 8.21. The summed E-state index contributed by atoms with van der Waals surface area (Å²) in [4.78, 5) is 0. The van der Waals surface area contributed by atoms with Gasteiger partial charge in [0, 0.05) is 12.8 Å². The Balaban J connectivity index is 2.50. The number of hydrogen-bond donors (Lipinski definition) is 0. The lowest BCUT2D eigenvalue weighted by Gasteiger charge is -2.20. The van der Waals surface area contributed by atoms with E-state index in [4.69, 9.17) is 10.8 Å². The molecule has 2 heteroatoms. The van der Waals surface area contributed by atoms with E-state index in [0.717, 1.165) is 24.8 Å². The van der Waals surface area contributed by atoms with Crippen LogP contribution in [-0.4, -0.2) is 14.2 Å². The van der Waals surface area contributed by atoms with Gasteiger partial charge in [-0.3, -0.25) is 0 Å². The molecule has 0 amide bonds. The smallest absolute Gasteiger partial charge is 0.164 e. The van der Waals surface area contributed by atoms with Crippen LogP contribution in [0.1, 0.15) is 32.1 Å². The maximum Gasteiger partial charge on any atom is 0.164 e. The number of rotatable bonds is 3. The summed E-state index contributed by atoms with van der Waals surface area (Å²) in [5, 5.41) is 0.